The fourth-order valence-electron chi connectivity index (χ4n) is 0.725. The van der Waals surface area contributed by atoms with E-state index in [0.717, 1.165) is 9.34 Å². The normalized spacial score (nSPS) is 10.1. The first-order valence-electron chi connectivity index (χ1n) is 3.14. The average Bonchev–Trinajstić information content (AvgIpc) is 2.36. The van der Waals surface area contributed by atoms with Gasteiger partial charge in [-0.2, -0.15) is 0 Å². The van der Waals surface area contributed by atoms with Crippen LogP contribution in [0, 0.1) is 0 Å². The van der Waals surface area contributed by atoms with Gasteiger partial charge in [0.1, 0.15) is 0 Å². The van der Waals surface area contributed by atoms with Crippen LogP contribution >= 0.6 is 22.9 Å². The maximum Gasteiger partial charge on any atom is 0.0950 e. The molecule has 11 heavy (non-hydrogen) atoms. The molecule has 0 aliphatic carbocycles. The molecular formula is C6H10ClN3S. The molecule has 0 saturated carbocycles. The summed E-state index contributed by atoms with van der Waals surface area (Å²) < 4.78 is 0.795. The van der Waals surface area contributed by atoms with Crippen molar-refractivity contribution in [3.63, 3.8) is 0 Å². The van der Waals surface area contributed by atoms with E-state index < -0.39 is 0 Å². The topological polar surface area (TPSA) is 41.3 Å². The maximum atomic E-state index is 5.74. The molecule has 5 heteroatoms. The number of anilines is 1. The van der Waals surface area contributed by atoms with Gasteiger partial charge < -0.3 is 4.90 Å². The largest absolute Gasteiger partial charge is 0.352 e. The molecule has 1 aromatic heterocycles. The summed E-state index contributed by atoms with van der Waals surface area (Å²) in [6.07, 6.45) is 0. The quantitative estimate of drug-likeness (QED) is 0.430. The monoisotopic (exact) mass is 191 g/mol. The Morgan fingerprint density at radius 3 is 2.91 bits per heavy atom. The smallest absolute Gasteiger partial charge is 0.0950 e. The van der Waals surface area contributed by atoms with Crippen LogP contribution in [0.3, 0.4) is 0 Å². The van der Waals surface area contributed by atoms with Crippen LogP contribution in [0.5, 0.6) is 0 Å². The molecule has 0 aliphatic rings. The lowest BCUT2D eigenvalue weighted by molar-refractivity contribution is 0.721. The SMILES string of the molecule is CN(CNN)c1ccc(Cl)s1. The van der Waals surface area contributed by atoms with Crippen molar-refractivity contribution < 1.29 is 0 Å². The van der Waals surface area contributed by atoms with Gasteiger partial charge in [-0.3, -0.25) is 5.84 Å². The van der Waals surface area contributed by atoms with E-state index in [2.05, 4.69) is 5.43 Å². The number of hydrogen-bond donors (Lipinski definition) is 2. The summed E-state index contributed by atoms with van der Waals surface area (Å²) in [5, 5.41) is 1.10. The summed E-state index contributed by atoms with van der Waals surface area (Å²) in [5.41, 5.74) is 2.56. The number of halogens is 1. The highest BCUT2D eigenvalue weighted by molar-refractivity contribution is 7.19. The molecule has 0 atom stereocenters. The number of rotatable bonds is 3. The molecule has 0 radical (unpaired) electrons. The van der Waals surface area contributed by atoms with Crippen LogP contribution in [-0.4, -0.2) is 13.7 Å². The highest BCUT2D eigenvalue weighted by Gasteiger charge is 2.01. The second kappa shape index (κ2) is 3.92. The molecule has 0 unspecified atom stereocenters. The third-order valence-electron chi connectivity index (χ3n) is 1.26. The predicted octanol–water partition coefficient (Wildman–Crippen LogP) is 1.26. The lowest BCUT2D eigenvalue weighted by Gasteiger charge is -2.14. The third-order valence-corrected chi connectivity index (χ3v) is 2.61. The second-order valence-electron chi connectivity index (χ2n) is 2.14. The zero-order valence-electron chi connectivity index (χ0n) is 6.17. The van der Waals surface area contributed by atoms with Crippen molar-refractivity contribution in [2.24, 2.45) is 5.84 Å². The fourth-order valence-corrected chi connectivity index (χ4v) is 1.72. The van der Waals surface area contributed by atoms with Gasteiger partial charge in [0, 0.05) is 7.05 Å². The molecule has 1 heterocycles. The Hall–Kier alpha value is -0.290. The van der Waals surface area contributed by atoms with Gasteiger partial charge in [-0.05, 0) is 12.1 Å². The summed E-state index contributed by atoms with van der Waals surface area (Å²) in [5.74, 6) is 5.15. The van der Waals surface area contributed by atoms with Crippen molar-refractivity contribution in [1.82, 2.24) is 5.43 Å². The molecule has 0 amide bonds. The number of hydrogen-bond acceptors (Lipinski definition) is 4. The zero-order chi connectivity index (χ0) is 8.27. The molecule has 0 aliphatic heterocycles. The summed E-state index contributed by atoms with van der Waals surface area (Å²) in [6, 6.07) is 3.83. The van der Waals surface area contributed by atoms with Crippen LogP contribution in [0.25, 0.3) is 0 Å². The van der Waals surface area contributed by atoms with Gasteiger partial charge >= 0.3 is 0 Å². The van der Waals surface area contributed by atoms with Crippen LogP contribution in [0.2, 0.25) is 4.34 Å². The van der Waals surface area contributed by atoms with E-state index in [4.69, 9.17) is 17.4 Å². The van der Waals surface area contributed by atoms with Crippen molar-refractivity contribution in [2.45, 2.75) is 0 Å². The van der Waals surface area contributed by atoms with Gasteiger partial charge in [-0.25, -0.2) is 5.43 Å². The Bertz CT molecular complexity index is 225. The summed E-state index contributed by atoms with van der Waals surface area (Å²) >= 11 is 7.28. The Kier molecular flexibility index (Phi) is 3.14. The lowest BCUT2D eigenvalue weighted by Crippen LogP contribution is -2.34. The second-order valence-corrected chi connectivity index (χ2v) is 3.83. The number of nitrogens with one attached hydrogen (secondary N) is 1. The first-order valence-corrected chi connectivity index (χ1v) is 4.33. The molecule has 0 spiro atoms. The van der Waals surface area contributed by atoms with Crippen molar-refractivity contribution in [3.8, 4) is 0 Å². The number of nitrogens with two attached hydrogens (primary N) is 1. The van der Waals surface area contributed by atoms with Gasteiger partial charge in [-0.15, -0.1) is 11.3 Å². The van der Waals surface area contributed by atoms with E-state index in [9.17, 15) is 0 Å². The van der Waals surface area contributed by atoms with Crippen LogP contribution in [0.1, 0.15) is 0 Å². The predicted molar refractivity (Wildman–Crippen MR) is 49.9 cm³/mol. The highest BCUT2D eigenvalue weighted by Crippen LogP contribution is 2.28. The summed E-state index contributed by atoms with van der Waals surface area (Å²) in [6.45, 7) is 0.622. The number of nitrogens with zero attached hydrogens (tertiary/aromatic N) is 1. The van der Waals surface area contributed by atoms with Crippen LogP contribution in [0.15, 0.2) is 12.1 Å². The highest BCUT2D eigenvalue weighted by atomic mass is 35.5. The van der Waals surface area contributed by atoms with Gasteiger partial charge in [-0.1, -0.05) is 11.6 Å². The zero-order valence-corrected chi connectivity index (χ0v) is 7.75. The Morgan fingerprint density at radius 2 is 2.45 bits per heavy atom. The summed E-state index contributed by atoms with van der Waals surface area (Å²) in [4.78, 5) is 1.98. The number of hydrazine groups is 1. The molecule has 1 rings (SSSR count). The van der Waals surface area contributed by atoms with Gasteiger partial charge in [0.15, 0.2) is 0 Å². The first kappa shape index (κ1) is 8.80. The third kappa shape index (κ3) is 2.34. The van der Waals surface area contributed by atoms with Gasteiger partial charge in [0.05, 0.1) is 16.0 Å². The fraction of sp³-hybridized carbons (Fsp3) is 0.333. The minimum absolute atomic E-state index is 0.622. The van der Waals surface area contributed by atoms with E-state index in [1.807, 2.05) is 24.1 Å². The molecule has 3 nitrogen and oxygen atoms in total. The average molecular weight is 192 g/mol. The molecule has 3 N–H and O–H groups in total. The van der Waals surface area contributed by atoms with Gasteiger partial charge in [0.25, 0.3) is 0 Å². The number of thiophene rings is 1. The van der Waals surface area contributed by atoms with Gasteiger partial charge in [0.2, 0.25) is 0 Å². The molecule has 0 saturated heterocycles. The van der Waals surface area contributed by atoms with Crippen LogP contribution in [0.4, 0.5) is 5.00 Å². The Labute approximate surface area is 74.7 Å². The molecule has 1 aromatic rings. The van der Waals surface area contributed by atoms with Crippen LogP contribution in [-0.2, 0) is 0 Å². The van der Waals surface area contributed by atoms with Crippen molar-refractivity contribution in [3.05, 3.63) is 16.5 Å². The van der Waals surface area contributed by atoms with Crippen molar-refractivity contribution in [1.29, 1.82) is 0 Å². The maximum absolute atomic E-state index is 5.74. The lowest BCUT2D eigenvalue weighted by atomic mass is 10.6. The molecule has 0 fully saturated rings. The minimum Gasteiger partial charge on any atom is -0.352 e. The van der Waals surface area contributed by atoms with E-state index >= 15 is 0 Å². The van der Waals surface area contributed by atoms with Crippen molar-refractivity contribution in [2.75, 3.05) is 18.6 Å². The van der Waals surface area contributed by atoms with E-state index in [1.165, 1.54) is 11.3 Å². The minimum atomic E-state index is 0.622. The van der Waals surface area contributed by atoms with E-state index in [0.29, 0.717) is 6.67 Å². The molecule has 62 valence electrons. The van der Waals surface area contributed by atoms with Crippen LogP contribution < -0.4 is 16.2 Å². The summed E-state index contributed by atoms with van der Waals surface area (Å²) in [7, 11) is 1.95. The first-order chi connectivity index (χ1) is 5.24. The Morgan fingerprint density at radius 1 is 1.73 bits per heavy atom. The Balaban J connectivity index is 2.60. The van der Waals surface area contributed by atoms with E-state index in [-0.39, 0.29) is 0 Å². The van der Waals surface area contributed by atoms with Crippen molar-refractivity contribution >= 4 is 27.9 Å². The molecule has 0 aromatic carbocycles. The molecular weight excluding hydrogens is 182 g/mol. The van der Waals surface area contributed by atoms with E-state index in [1.54, 1.807) is 0 Å². The standard InChI is InChI=1S/C6H10ClN3S/c1-10(4-9-8)6-3-2-5(7)11-6/h2-3,9H,4,8H2,1H3. The molecule has 0 bridgehead atoms.